The summed E-state index contributed by atoms with van der Waals surface area (Å²) < 4.78 is 1.11. The molecular weight excluding hydrogens is 676 g/mol. The summed E-state index contributed by atoms with van der Waals surface area (Å²) in [5.41, 5.74) is 3.97. The Morgan fingerprint density at radius 3 is 1.98 bits per heavy atom. The van der Waals surface area contributed by atoms with Crippen molar-refractivity contribution in [2.45, 2.75) is 64.2 Å². The number of aliphatic imine (C=N–C) groups is 3. The van der Waals surface area contributed by atoms with E-state index in [4.69, 9.17) is 15.0 Å². The van der Waals surface area contributed by atoms with E-state index in [9.17, 15) is 0 Å². The lowest BCUT2D eigenvalue weighted by molar-refractivity contribution is 0.565. The van der Waals surface area contributed by atoms with E-state index in [1.54, 1.807) is 11.3 Å². The third-order valence-corrected chi connectivity index (χ3v) is 10.5. The Hall–Kier alpha value is -3.75. The molecule has 3 aromatic rings. The number of thiophene rings is 1. The highest BCUT2D eigenvalue weighted by atomic mass is 79.9. The van der Waals surface area contributed by atoms with E-state index in [-0.39, 0.29) is 41.9 Å². The molecule has 6 rings (SSSR count). The fraction of sp³-hybridized carbons (Fsp3) is 0.375. The van der Waals surface area contributed by atoms with Crippen LogP contribution in [0.15, 0.2) is 127 Å². The fourth-order valence-corrected chi connectivity index (χ4v) is 7.79. The Morgan fingerprint density at radius 2 is 1.27 bits per heavy atom. The molecule has 0 saturated carbocycles. The van der Waals surface area contributed by atoms with Crippen LogP contribution in [0.25, 0.3) is 0 Å². The summed E-state index contributed by atoms with van der Waals surface area (Å²) in [6, 6.07) is 21.4. The van der Waals surface area contributed by atoms with E-state index in [1.165, 1.54) is 16.7 Å². The van der Waals surface area contributed by atoms with Crippen molar-refractivity contribution in [2.24, 2.45) is 32.7 Å². The summed E-state index contributed by atoms with van der Waals surface area (Å²) >= 11 is 5.38. The number of benzene rings is 2. The minimum absolute atomic E-state index is 0.00426. The van der Waals surface area contributed by atoms with Gasteiger partial charge >= 0.3 is 0 Å². The van der Waals surface area contributed by atoms with E-state index in [2.05, 4.69) is 161 Å². The quantitative estimate of drug-likeness (QED) is 0.179. The first-order valence-corrected chi connectivity index (χ1v) is 18.9. The normalized spacial score (nSPS) is 24.3. The highest BCUT2D eigenvalue weighted by Crippen LogP contribution is 2.21. The van der Waals surface area contributed by atoms with Crippen LogP contribution in [0.4, 0.5) is 0 Å². The molecule has 1 aromatic heterocycles. The van der Waals surface area contributed by atoms with Gasteiger partial charge in [-0.3, -0.25) is 15.0 Å². The van der Waals surface area contributed by atoms with E-state index in [0.717, 1.165) is 41.2 Å². The smallest absolute Gasteiger partial charge is 0.101 e. The van der Waals surface area contributed by atoms with Crippen molar-refractivity contribution >= 4 is 44.8 Å². The minimum atomic E-state index is -0.0794. The Bertz CT molecular complexity index is 1670. The molecule has 2 aromatic carbocycles. The molecule has 3 aliphatic rings. The second kappa shape index (κ2) is 16.6. The first-order valence-electron chi connectivity index (χ1n) is 17.2. The van der Waals surface area contributed by atoms with Crippen molar-refractivity contribution in [1.82, 2.24) is 16.0 Å². The van der Waals surface area contributed by atoms with Gasteiger partial charge in [-0.05, 0) is 64.9 Å². The maximum atomic E-state index is 5.45. The van der Waals surface area contributed by atoms with Gasteiger partial charge < -0.3 is 16.0 Å². The number of nitrogens with zero attached hydrogens (tertiary/aromatic N) is 3. The monoisotopic (exact) mass is 722 g/mol. The molecule has 4 unspecified atom stereocenters. The Labute approximate surface area is 298 Å². The third-order valence-electron chi connectivity index (χ3n) is 9.26. The Morgan fingerprint density at radius 1 is 0.667 bits per heavy atom. The molecule has 0 radical (unpaired) electrons. The molecule has 0 saturated heterocycles. The SMILES string of the molecule is C[C@@H](Cc1ccccc1)C1=NCC=CC(C2C=CC(C3C=CCN=C([C@@H](C)Cc4cccc(Br)c4)N3)NC([C@@H](C)Cc3ccsc3)=N2)N1. The van der Waals surface area contributed by atoms with Crippen molar-refractivity contribution in [2.75, 3.05) is 13.1 Å². The maximum Gasteiger partial charge on any atom is 0.101 e. The van der Waals surface area contributed by atoms with Crippen LogP contribution in [0.2, 0.25) is 0 Å². The second-order valence-electron chi connectivity index (χ2n) is 13.3. The number of hydrogen-bond acceptors (Lipinski definition) is 7. The van der Waals surface area contributed by atoms with Gasteiger partial charge in [0.25, 0.3) is 0 Å². The van der Waals surface area contributed by atoms with E-state index < -0.39 is 0 Å². The van der Waals surface area contributed by atoms with Crippen LogP contribution in [-0.4, -0.2) is 54.8 Å². The van der Waals surface area contributed by atoms with Crippen LogP contribution in [0.3, 0.4) is 0 Å². The molecule has 4 heterocycles. The molecule has 6 nitrogen and oxygen atoms in total. The van der Waals surface area contributed by atoms with Crippen LogP contribution in [0, 0.1) is 17.8 Å². The number of rotatable bonds is 11. The molecule has 0 fully saturated rings. The largest absolute Gasteiger partial charge is 0.365 e. The Balaban J connectivity index is 1.22. The summed E-state index contributed by atoms with van der Waals surface area (Å²) in [6.45, 7) is 8.17. The van der Waals surface area contributed by atoms with Crippen LogP contribution in [-0.2, 0) is 19.3 Å². The fourth-order valence-electron chi connectivity index (χ4n) is 6.66. The van der Waals surface area contributed by atoms with Crippen molar-refractivity contribution in [1.29, 1.82) is 0 Å². The first kappa shape index (κ1) is 34.1. The molecule has 3 aliphatic heterocycles. The summed E-state index contributed by atoms with van der Waals surface area (Å²) in [7, 11) is 0. The molecule has 0 bridgehead atoms. The van der Waals surface area contributed by atoms with Crippen molar-refractivity contribution in [3.05, 3.63) is 129 Å². The summed E-state index contributed by atoms with van der Waals surface area (Å²) in [5.74, 6) is 3.89. The van der Waals surface area contributed by atoms with Gasteiger partial charge in [0.2, 0.25) is 0 Å². The molecular formula is C40H47BrN6S. The predicted octanol–water partition coefficient (Wildman–Crippen LogP) is 7.59. The van der Waals surface area contributed by atoms with Gasteiger partial charge in [0.05, 0.1) is 37.3 Å². The van der Waals surface area contributed by atoms with Crippen LogP contribution in [0.1, 0.15) is 37.5 Å². The average molecular weight is 724 g/mol. The zero-order valence-electron chi connectivity index (χ0n) is 28.1. The predicted molar refractivity (Wildman–Crippen MR) is 208 cm³/mol. The van der Waals surface area contributed by atoms with Gasteiger partial charge in [0.1, 0.15) is 17.5 Å². The van der Waals surface area contributed by atoms with Gasteiger partial charge in [-0.1, -0.05) is 116 Å². The van der Waals surface area contributed by atoms with Gasteiger partial charge in [-0.2, -0.15) is 11.3 Å². The maximum absolute atomic E-state index is 5.45. The zero-order chi connectivity index (χ0) is 33.3. The highest BCUT2D eigenvalue weighted by Gasteiger charge is 2.30. The van der Waals surface area contributed by atoms with Crippen LogP contribution >= 0.6 is 27.3 Å². The second-order valence-corrected chi connectivity index (χ2v) is 15.0. The zero-order valence-corrected chi connectivity index (χ0v) is 30.5. The molecule has 3 N–H and O–H groups in total. The molecule has 250 valence electrons. The van der Waals surface area contributed by atoms with Gasteiger partial charge in [0, 0.05) is 22.2 Å². The van der Waals surface area contributed by atoms with Gasteiger partial charge in [0.15, 0.2) is 0 Å². The number of halogens is 1. The summed E-state index contributed by atoms with van der Waals surface area (Å²) in [5, 5.41) is 16.0. The highest BCUT2D eigenvalue weighted by molar-refractivity contribution is 9.10. The molecule has 0 aliphatic carbocycles. The van der Waals surface area contributed by atoms with Crippen LogP contribution < -0.4 is 16.0 Å². The van der Waals surface area contributed by atoms with Gasteiger partial charge in [-0.15, -0.1) is 0 Å². The lowest BCUT2D eigenvalue weighted by atomic mass is 9.97. The molecule has 0 spiro atoms. The van der Waals surface area contributed by atoms with E-state index >= 15 is 0 Å². The van der Waals surface area contributed by atoms with Crippen molar-refractivity contribution in [3.8, 4) is 0 Å². The number of amidine groups is 3. The lowest BCUT2D eigenvalue weighted by Crippen LogP contribution is -2.51. The first-order chi connectivity index (χ1) is 23.4. The number of hydrogen-bond donors (Lipinski definition) is 3. The molecule has 8 heteroatoms. The van der Waals surface area contributed by atoms with Crippen molar-refractivity contribution in [3.63, 3.8) is 0 Å². The lowest BCUT2D eigenvalue weighted by Gasteiger charge is -2.29. The van der Waals surface area contributed by atoms with E-state index in [1.807, 2.05) is 0 Å². The summed E-state index contributed by atoms with van der Waals surface area (Å²) in [4.78, 5) is 15.4. The minimum Gasteiger partial charge on any atom is -0.365 e. The number of nitrogens with one attached hydrogen (secondary N) is 3. The molecule has 0 amide bonds. The van der Waals surface area contributed by atoms with E-state index in [0.29, 0.717) is 13.1 Å². The van der Waals surface area contributed by atoms with Crippen LogP contribution in [0.5, 0.6) is 0 Å². The average Bonchev–Trinajstić information content (AvgIpc) is 3.26. The van der Waals surface area contributed by atoms with Crippen molar-refractivity contribution < 1.29 is 0 Å². The Kier molecular flexibility index (Phi) is 11.8. The standard InChI is InChI=1S/C40H47BrN6S/c1-27(22-30-10-5-4-6-11-30)38-42-19-8-14-34(44-38)36-16-17-37(47-40(46-36)29(3)24-32-18-21-48-26-32)35-15-9-20-43-39(45-35)28(2)23-31-12-7-13-33(41)25-31/h4-18,21,25-29,34-37H,19-20,22-24H2,1-3H3,(H,42,44)(H,43,45)(H,46,47)/t27-,28-,29-,34?,35?,36?,37?/m0/s1. The molecule has 48 heavy (non-hydrogen) atoms. The third kappa shape index (κ3) is 9.23. The topological polar surface area (TPSA) is 73.2 Å². The molecule has 7 atom stereocenters. The summed E-state index contributed by atoms with van der Waals surface area (Å²) in [6.07, 6.45) is 16.3. The van der Waals surface area contributed by atoms with Gasteiger partial charge in [-0.25, -0.2) is 0 Å².